The highest BCUT2D eigenvalue weighted by atomic mass is 32.3. The summed E-state index contributed by atoms with van der Waals surface area (Å²) in [4.78, 5) is 0. The molecule has 0 radical (unpaired) electrons. The maximum atomic E-state index is 9.68. The highest BCUT2D eigenvalue weighted by Crippen LogP contribution is 2.42. The Balaban J connectivity index is 0.00000151. The molecule has 0 spiro atoms. The smallest absolute Gasteiger partial charge is 0.160 e. The molecule has 176 valence electrons. The fourth-order valence-electron chi connectivity index (χ4n) is 3.00. The zero-order chi connectivity index (χ0) is 23.3. The van der Waals surface area contributed by atoms with E-state index in [-0.39, 0.29) is 11.5 Å². The third kappa shape index (κ3) is 10.4. The molecule has 0 aliphatic heterocycles. The van der Waals surface area contributed by atoms with Crippen LogP contribution in [-0.2, 0) is 17.0 Å². The molecule has 0 aromatic heterocycles. The summed E-state index contributed by atoms with van der Waals surface area (Å²) in [6.07, 6.45) is 12.3. The van der Waals surface area contributed by atoms with Gasteiger partial charge in [-0.1, -0.05) is 12.1 Å². The van der Waals surface area contributed by atoms with E-state index in [1.54, 1.807) is 38.1 Å². The molecule has 0 heterocycles. The predicted octanol–water partition coefficient (Wildman–Crippen LogP) is 5.66. The highest BCUT2D eigenvalue weighted by molar-refractivity contribution is 8.28. The highest BCUT2D eigenvalue weighted by Gasteiger charge is 2.13. The van der Waals surface area contributed by atoms with E-state index in [0.717, 1.165) is 49.2 Å². The van der Waals surface area contributed by atoms with Crippen molar-refractivity contribution in [3.63, 3.8) is 0 Å². The minimum atomic E-state index is -1.09. The molecular formula is C24H38O5S2. The van der Waals surface area contributed by atoms with E-state index < -0.39 is 10.3 Å². The first kappa shape index (κ1) is 27.3. The lowest BCUT2D eigenvalue weighted by molar-refractivity contribution is 0.350. The van der Waals surface area contributed by atoms with Crippen LogP contribution in [0.1, 0.15) is 24.0 Å². The van der Waals surface area contributed by atoms with Crippen molar-refractivity contribution in [2.75, 3.05) is 51.6 Å². The average molecular weight is 471 g/mol. The van der Waals surface area contributed by atoms with Crippen LogP contribution in [0.25, 0.3) is 0 Å². The van der Waals surface area contributed by atoms with Gasteiger partial charge in [0.15, 0.2) is 23.0 Å². The van der Waals surface area contributed by atoms with Crippen LogP contribution in [0.3, 0.4) is 0 Å². The van der Waals surface area contributed by atoms with Crippen LogP contribution in [-0.4, -0.2) is 61.8 Å². The average Bonchev–Trinajstić information content (AvgIpc) is 2.74. The number of phenolic OH excluding ortho intramolecular Hbond substituents is 2. The van der Waals surface area contributed by atoms with Crippen molar-refractivity contribution in [3.05, 3.63) is 47.5 Å². The zero-order valence-corrected chi connectivity index (χ0v) is 21.3. The Hall–Kier alpha value is -1.70. The number of methoxy groups -OCH3 is 2. The SMILES string of the molecule is COc1cc(CCCOS(C)(C)CCCc2ccc(O)c(OC)c2)ccc1O.CSC. The fourth-order valence-corrected chi connectivity index (χ4v) is 4.53. The summed E-state index contributed by atoms with van der Waals surface area (Å²) in [6, 6.07) is 11.0. The minimum Gasteiger partial charge on any atom is -0.504 e. The third-order valence-corrected chi connectivity index (χ3v) is 6.68. The van der Waals surface area contributed by atoms with Crippen molar-refractivity contribution >= 4 is 22.1 Å². The summed E-state index contributed by atoms with van der Waals surface area (Å²) >= 11 is 1.75. The van der Waals surface area contributed by atoms with Gasteiger partial charge in [0, 0.05) is 0 Å². The van der Waals surface area contributed by atoms with Gasteiger partial charge in [-0.3, -0.25) is 0 Å². The molecule has 0 aliphatic rings. The quantitative estimate of drug-likeness (QED) is 0.413. The Labute approximate surface area is 193 Å². The van der Waals surface area contributed by atoms with Gasteiger partial charge in [0.25, 0.3) is 0 Å². The van der Waals surface area contributed by atoms with Crippen molar-refractivity contribution in [2.45, 2.75) is 25.7 Å². The lowest BCUT2D eigenvalue weighted by atomic mass is 10.1. The normalized spacial score (nSPS) is 11.4. The monoisotopic (exact) mass is 470 g/mol. The number of hydrogen-bond acceptors (Lipinski definition) is 6. The maximum absolute atomic E-state index is 9.68. The molecule has 0 saturated carbocycles. The van der Waals surface area contributed by atoms with Crippen LogP contribution < -0.4 is 9.47 Å². The maximum Gasteiger partial charge on any atom is 0.160 e. The Morgan fingerprint density at radius 1 is 0.806 bits per heavy atom. The Morgan fingerprint density at radius 2 is 1.26 bits per heavy atom. The first-order valence-electron chi connectivity index (χ1n) is 10.2. The molecular weight excluding hydrogens is 432 g/mol. The van der Waals surface area contributed by atoms with Crippen molar-refractivity contribution < 1.29 is 23.9 Å². The molecule has 0 atom stereocenters. The van der Waals surface area contributed by atoms with E-state index in [1.165, 1.54) is 0 Å². The number of benzene rings is 2. The van der Waals surface area contributed by atoms with Crippen LogP contribution in [0.2, 0.25) is 0 Å². The third-order valence-electron chi connectivity index (χ3n) is 4.60. The van der Waals surface area contributed by atoms with Gasteiger partial charge in [0.05, 0.1) is 20.8 Å². The van der Waals surface area contributed by atoms with Gasteiger partial charge in [-0.2, -0.15) is 11.8 Å². The first-order valence-corrected chi connectivity index (χ1v) is 14.4. The summed E-state index contributed by atoms with van der Waals surface area (Å²) in [5, 5.41) is 19.3. The number of thioether (sulfide) groups is 1. The molecule has 2 aromatic carbocycles. The van der Waals surface area contributed by atoms with E-state index in [4.69, 9.17) is 13.7 Å². The number of aryl methyl sites for hydroxylation is 2. The van der Waals surface area contributed by atoms with Gasteiger partial charge >= 0.3 is 0 Å². The molecule has 0 aliphatic carbocycles. The van der Waals surface area contributed by atoms with E-state index in [0.29, 0.717) is 11.5 Å². The van der Waals surface area contributed by atoms with E-state index >= 15 is 0 Å². The topological polar surface area (TPSA) is 68.2 Å². The summed E-state index contributed by atoms with van der Waals surface area (Å²) in [7, 11) is 2.03. The van der Waals surface area contributed by atoms with Crippen molar-refractivity contribution in [2.24, 2.45) is 0 Å². The van der Waals surface area contributed by atoms with E-state index in [2.05, 4.69) is 12.5 Å². The Kier molecular flexibility index (Phi) is 12.7. The summed E-state index contributed by atoms with van der Waals surface area (Å²) < 4.78 is 16.5. The molecule has 0 bridgehead atoms. The fraction of sp³-hybridized carbons (Fsp3) is 0.500. The number of rotatable bonds is 11. The molecule has 2 N–H and O–H groups in total. The van der Waals surface area contributed by atoms with Crippen LogP contribution in [0.4, 0.5) is 0 Å². The second-order valence-electron chi connectivity index (χ2n) is 7.59. The van der Waals surface area contributed by atoms with E-state index in [1.807, 2.05) is 36.8 Å². The van der Waals surface area contributed by atoms with Gasteiger partial charge in [0.2, 0.25) is 0 Å². The zero-order valence-electron chi connectivity index (χ0n) is 19.6. The number of aromatic hydroxyl groups is 2. The molecule has 2 rings (SSSR count). The molecule has 0 amide bonds. The van der Waals surface area contributed by atoms with Crippen molar-refractivity contribution in [1.82, 2.24) is 0 Å². The van der Waals surface area contributed by atoms with Crippen LogP contribution in [0.15, 0.2) is 36.4 Å². The Morgan fingerprint density at radius 3 is 1.71 bits per heavy atom. The first-order chi connectivity index (χ1) is 14.8. The molecule has 0 saturated heterocycles. The van der Waals surface area contributed by atoms with Crippen LogP contribution in [0, 0.1) is 0 Å². The number of hydrogen-bond donors (Lipinski definition) is 2. The van der Waals surface area contributed by atoms with Gasteiger partial charge in [-0.15, -0.1) is 10.3 Å². The minimum absolute atomic E-state index is 0.166. The summed E-state index contributed by atoms with van der Waals surface area (Å²) in [5.41, 5.74) is 2.29. The van der Waals surface area contributed by atoms with Crippen molar-refractivity contribution in [1.29, 1.82) is 0 Å². The van der Waals surface area contributed by atoms with Crippen molar-refractivity contribution in [3.8, 4) is 23.0 Å². The largest absolute Gasteiger partial charge is 0.504 e. The van der Waals surface area contributed by atoms with E-state index in [9.17, 15) is 10.2 Å². The molecule has 7 heteroatoms. The van der Waals surface area contributed by atoms with Crippen LogP contribution in [0.5, 0.6) is 23.0 Å². The Bertz CT molecular complexity index is 781. The lowest BCUT2D eigenvalue weighted by Crippen LogP contribution is -2.08. The second-order valence-corrected chi connectivity index (χ2v) is 11.9. The second kappa shape index (κ2) is 14.4. The summed E-state index contributed by atoms with van der Waals surface area (Å²) in [5.74, 6) is 2.40. The molecule has 0 fully saturated rings. The number of phenols is 2. The van der Waals surface area contributed by atoms with Gasteiger partial charge in [0.1, 0.15) is 0 Å². The van der Waals surface area contributed by atoms with Gasteiger partial charge < -0.3 is 23.9 Å². The molecule has 0 unspecified atom stereocenters. The predicted molar refractivity (Wildman–Crippen MR) is 136 cm³/mol. The standard InChI is InChI=1S/C22H32O5S.C2H6S/c1-25-21-15-17(9-11-19(21)23)7-5-13-27-28(3,4)14-6-8-18-10-12-20(24)22(16-18)26-2;1-3-2/h9-12,15-16,23-24H,5-8,13-14H2,1-4H3;1-2H3. The van der Waals surface area contributed by atoms with Gasteiger partial charge in [-0.05, 0) is 91.9 Å². The number of ether oxygens (including phenoxy) is 2. The molecule has 5 nitrogen and oxygen atoms in total. The van der Waals surface area contributed by atoms with Crippen LogP contribution >= 0.6 is 22.1 Å². The molecule has 2 aromatic rings. The summed E-state index contributed by atoms with van der Waals surface area (Å²) in [6.45, 7) is 0.721. The molecule has 31 heavy (non-hydrogen) atoms. The lowest BCUT2D eigenvalue weighted by Gasteiger charge is -2.31. The van der Waals surface area contributed by atoms with Gasteiger partial charge in [-0.25, -0.2) is 0 Å².